The fourth-order valence-corrected chi connectivity index (χ4v) is 3.27. The number of amides is 2. The molecule has 0 fully saturated rings. The van der Waals surface area contributed by atoms with Crippen molar-refractivity contribution in [3.05, 3.63) is 36.4 Å². The Morgan fingerprint density at radius 1 is 0.594 bits per heavy atom. The predicted octanol–water partition coefficient (Wildman–Crippen LogP) is 3.62. The molecule has 0 saturated heterocycles. The maximum absolute atomic E-state index is 13.2. The van der Waals surface area contributed by atoms with Crippen molar-refractivity contribution in [1.82, 2.24) is 0 Å². The van der Waals surface area contributed by atoms with E-state index in [1.807, 2.05) is 0 Å². The van der Waals surface area contributed by atoms with Gasteiger partial charge in [0.25, 0.3) is 0 Å². The zero-order chi connectivity index (χ0) is 24.0. The molecule has 0 aliphatic heterocycles. The minimum atomic E-state index is -0.570. The van der Waals surface area contributed by atoms with Crippen molar-refractivity contribution < 1.29 is 28.5 Å². The maximum atomic E-state index is 13.2. The monoisotopic (exact) mass is 444 g/mol. The molecular formula is C24H32N2O6. The molecule has 0 spiro atoms. The van der Waals surface area contributed by atoms with Crippen molar-refractivity contribution in [2.45, 2.75) is 13.8 Å². The van der Waals surface area contributed by atoms with Crippen molar-refractivity contribution in [2.24, 2.45) is 11.8 Å². The maximum Gasteiger partial charge on any atom is 0.230 e. The number of hydrogen-bond donors (Lipinski definition) is 0. The van der Waals surface area contributed by atoms with E-state index in [1.54, 1.807) is 92.8 Å². The van der Waals surface area contributed by atoms with Crippen molar-refractivity contribution in [1.29, 1.82) is 0 Å². The van der Waals surface area contributed by atoms with Crippen molar-refractivity contribution in [3.63, 3.8) is 0 Å². The summed E-state index contributed by atoms with van der Waals surface area (Å²) in [6.45, 7) is 3.50. The van der Waals surface area contributed by atoms with Gasteiger partial charge in [0, 0.05) is 62.3 Å². The number of carbonyl (C=O) groups excluding carboxylic acids is 2. The van der Waals surface area contributed by atoms with Gasteiger partial charge in [-0.15, -0.1) is 0 Å². The minimum Gasteiger partial charge on any atom is -0.497 e. The number of anilines is 2. The Balaban J connectivity index is 2.22. The van der Waals surface area contributed by atoms with Crippen LogP contribution in [0.15, 0.2) is 36.4 Å². The van der Waals surface area contributed by atoms with Crippen LogP contribution in [0.5, 0.6) is 23.0 Å². The van der Waals surface area contributed by atoms with Gasteiger partial charge in [0.1, 0.15) is 23.0 Å². The third-order valence-corrected chi connectivity index (χ3v) is 5.64. The van der Waals surface area contributed by atoms with Crippen LogP contribution in [0.1, 0.15) is 13.8 Å². The van der Waals surface area contributed by atoms with Crippen LogP contribution in [-0.2, 0) is 9.59 Å². The molecule has 0 heterocycles. The van der Waals surface area contributed by atoms with Gasteiger partial charge in [-0.25, -0.2) is 0 Å². The normalized spacial score (nSPS) is 12.4. The lowest BCUT2D eigenvalue weighted by atomic mass is 9.93. The molecule has 0 saturated carbocycles. The SMILES string of the molecule is COc1cc(OC)cc(N(C)C(=O)C(C)C(C)C(=O)N(C)c2cc(OC)cc(OC)c2)c1. The smallest absolute Gasteiger partial charge is 0.230 e. The molecule has 2 unspecified atom stereocenters. The summed E-state index contributed by atoms with van der Waals surface area (Å²) < 4.78 is 21.2. The van der Waals surface area contributed by atoms with Crippen molar-refractivity contribution >= 4 is 23.2 Å². The van der Waals surface area contributed by atoms with E-state index in [4.69, 9.17) is 18.9 Å². The second-order valence-electron chi connectivity index (χ2n) is 7.51. The molecule has 2 aromatic carbocycles. The van der Waals surface area contributed by atoms with Gasteiger partial charge < -0.3 is 28.7 Å². The molecule has 8 nitrogen and oxygen atoms in total. The molecule has 32 heavy (non-hydrogen) atoms. The quantitative estimate of drug-likeness (QED) is 0.588. The second kappa shape index (κ2) is 10.7. The standard InChI is InChI=1S/C24H32N2O6/c1-15(23(27)25(3)17-9-19(29-5)13-20(10-17)30-6)16(2)24(28)26(4)18-11-21(31-7)14-22(12-18)32-8/h9-16H,1-8H3. The molecule has 0 aromatic heterocycles. The van der Waals surface area contributed by atoms with E-state index in [0.717, 1.165) is 0 Å². The van der Waals surface area contributed by atoms with Gasteiger partial charge in [0.05, 0.1) is 39.8 Å². The Morgan fingerprint density at radius 2 is 0.844 bits per heavy atom. The number of ether oxygens (including phenoxy) is 4. The van der Waals surface area contributed by atoms with E-state index >= 15 is 0 Å². The third-order valence-electron chi connectivity index (χ3n) is 5.64. The van der Waals surface area contributed by atoms with Gasteiger partial charge in [-0.3, -0.25) is 9.59 Å². The molecule has 0 N–H and O–H groups in total. The number of carbonyl (C=O) groups is 2. The van der Waals surface area contributed by atoms with E-state index in [2.05, 4.69) is 0 Å². The van der Waals surface area contributed by atoms with E-state index in [9.17, 15) is 9.59 Å². The summed E-state index contributed by atoms with van der Waals surface area (Å²) in [7, 11) is 9.53. The van der Waals surface area contributed by atoms with Gasteiger partial charge in [-0.2, -0.15) is 0 Å². The highest BCUT2D eigenvalue weighted by molar-refractivity contribution is 6.01. The summed E-state index contributed by atoms with van der Waals surface area (Å²) in [5, 5.41) is 0. The summed E-state index contributed by atoms with van der Waals surface area (Å²) in [5.41, 5.74) is 1.23. The van der Waals surface area contributed by atoms with Gasteiger partial charge in [0.15, 0.2) is 0 Å². The number of rotatable bonds is 9. The topological polar surface area (TPSA) is 77.5 Å². The average Bonchev–Trinajstić information content (AvgIpc) is 2.84. The highest BCUT2D eigenvalue weighted by Crippen LogP contribution is 2.31. The Kier molecular flexibility index (Phi) is 8.34. The highest BCUT2D eigenvalue weighted by Gasteiger charge is 2.31. The van der Waals surface area contributed by atoms with Crippen LogP contribution in [0.2, 0.25) is 0 Å². The van der Waals surface area contributed by atoms with Crippen LogP contribution in [0.25, 0.3) is 0 Å². The summed E-state index contributed by atoms with van der Waals surface area (Å²) >= 11 is 0. The fourth-order valence-electron chi connectivity index (χ4n) is 3.27. The van der Waals surface area contributed by atoms with Crippen LogP contribution < -0.4 is 28.7 Å². The second-order valence-corrected chi connectivity index (χ2v) is 7.51. The van der Waals surface area contributed by atoms with Crippen LogP contribution in [0, 0.1) is 11.8 Å². The van der Waals surface area contributed by atoms with Crippen molar-refractivity contribution in [3.8, 4) is 23.0 Å². The molecule has 0 aliphatic rings. The van der Waals surface area contributed by atoms with E-state index in [-0.39, 0.29) is 11.8 Å². The van der Waals surface area contributed by atoms with E-state index in [1.165, 1.54) is 9.80 Å². The first-order valence-electron chi connectivity index (χ1n) is 10.2. The van der Waals surface area contributed by atoms with E-state index < -0.39 is 11.8 Å². The lowest BCUT2D eigenvalue weighted by Crippen LogP contribution is -2.41. The molecule has 2 rings (SSSR count). The molecule has 2 atom stereocenters. The van der Waals surface area contributed by atoms with Gasteiger partial charge in [-0.1, -0.05) is 13.8 Å². The molecule has 0 bridgehead atoms. The first-order valence-corrected chi connectivity index (χ1v) is 10.2. The highest BCUT2D eigenvalue weighted by atomic mass is 16.5. The Morgan fingerprint density at radius 3 is 1.06 bits per heavy atom. The largest absolute Gasteiger partial charge is 0.497 e. The first kappa shape index (κ1) is 24.8. The lowest BCUT2D eigenvalue weighted by Gasteiger charge is -2.28. The van der Waals surface area contributed by atoms with Crippen LogP contribution >= 0.6 is 0 Å². The summed E-state index contributed by atoms with van der Waals surface area (Å²) in [6.07, 6.45) is 0. The van der Waals surface area contributed by atoms with E-state index in [0.29, 0.717) is 34.4 Å². The lowest BCUT2D eigenvalue weighted by molar-refractivity contribution is -0.130. The van der Waals surface area contributed by atoms with Crippen LogP contribution in [-0.4, -0.2) is 54.3 Å². The average molecular weight is 445 g/mol. The molecule has 8 heteroatoms. The summed E-state index contributed by atoms with van der Waals surface area (Å²) in [4.78, 5) is 29.4. The molecular weight excluding hydrogens is 412 g/mol. The third kappa shape index (κ3) is 5.43. The minimum absolute atomic E-state index is 0.197. The van der Waals surface area contributed by atoms with Crippen LogP contribution in [0.3, 0.4) is 0 Å². The molecule has 0 radical (unpaired) electrons. The number of nitrogens with zero attached hydrogens (tertiary/aromatic N) is 2. The Bertz CT molecular complexity index is 840. The molecule has 2 aromatic rings. The number of benzene rings is 2. The summed E-state index contributed by atoms with van der Waals surface area (Å²) in [5.74, 6) is 0.754. The predicted molar refractivity (Wildman–Crippen MR) is 124 cm³/mol. The molecule has 0 aliphatic carbocycles. The number of hydrogen-bond acceptors (Lipinski definition) is 6. The first-order chi connectivity index (χ1) is 15.2. The zero-order valence-electron chi connectivity index (χ0n) is 20.0. The fraction of sp³-hybridized carbons (Fsp3) is 0.417. The van der Waals surface area contributed by atoms with Gasteiger partial charge in [-0.05, 0) is 0 Å². The summed E-state index contributed by atoms with van der Waals surface area (Å²) in [6, 6.07) is 10.4. The molecule has 174 valence electrons. The van der Waals surface area contributed by atoms with Gasteiger partial charge in [0.2, 0.25) is 11.8 Å². The molecule has 2 amide bonds. The Hall–Kier alpha value is -3.42. The Labute approximate surface area is 189 Å². The van der Waals surface area contributed by atoms with Crippen molar-refractivity contribution in [2.75, 3.05) is 52.3 Å². The van der Waals surface area contributed by atoms with Crippen LogP contribution in [0.4, 0.5) is 11.4 Å². The van der Waals surface area contributed by atoms with Gasteiger partial charge >= 0.3 is 0 Å². The zero-order valence-corrected chi connectivity index (χ0v) is 20.0. The number of methoxy groups -OCH3 is 4.